The first-order valence-corrected chi connectivity index (χ1v) is 12.3. The van der Waals surface area contributed by atoms with Crippen LogP contribution in [0.25, 0.3) is 0 Å². The second-order valence-corrected chi connectivity index (χ2v) is 10.5. The summed E-state index contributed by atoms with van der Waals surface area (Å²) in [5.41, 5.74) is 3.36. The Hall–Kier alpha value is -2.48. The van der Waals surface area contributed by atoms with Gasteiger partial charge in [-0.2, -0.15) is 0 Å². The summed E-state index contributed by atoms with van der Waals surface area (Å²) in [5, 5.41) is 3.93. The molecule has 0 bridgehead atoms. The Morgan fingerprint density at radius 3 is 2.81 bits per heavy atom. The molecule has 32 heavy (non-hydrogen) atoms. The molecule has 2 heterocycles. The van der Waals surface area contributed by atoms with Gasteiger partial charge in [-0.1, -0.05) is 11.1 Å². The van der Waals surface area contributed by atoms with Crippen molar-refractivity contribution in [3.63, 3.8) is 0 Å². The highest BCUT2D eigenvalue weighted by atomic mass is 32.2. The van der Waals surface area contributed by atoms with Crippen LogP contribution in [0.4, 0.5) is 4.39 Å². The van der Waals surface area contributed by atoms with Gasteiger partial charge >= 0.3 is 0 Å². The van der Waals surface area contributed by atoms with Gasteiger partial charge in [-0.15, -0.1) is 5.92 Å². The minimum absolute atomic E-state index is 0.153. The number of ether oxygens (including phenoxy) is 1. The monoisotopic (exact) mass is 466 g/mol. The molecular formula is C22H27FN2O6S. The number of carbonyl (C=O) groups is 1. The first kappa shape index (κ1) is 24.2. The summed E-state index contributed by atoms with van der Waals surface area (Å²) in [5.74, 6) is 4.16. The van der Waals surface area contributed by atoms with E-state index in [9.17, 15) is 17.6 Å². The van der Waals surface area contributed by atoms with Gasteiger partial charge in [0.25, 0.3) is 5.91 Å². The summed E-state index contributed by atoms with van der Waals surface area (Å²) >= 11 is 0. The van der Waals surface area contributed by atoms with Gasteiger partial charge in [-0.3, -0.25) is 4.79 Å². The molecule has 1 fully saturated rings. The first-order valence-electron chi connectivity index (χ1n) is 10.4. The summed E-state index contributed by atoms with van der Waals surface area (Å²) in [6.07, 6.45) is 2.02. The normalized spacial score (nSPS) is 22.7. The number of hydrogen-bond acceptors (Lipinski definition) is 7. The molecule has 0 saturated carbocycles. The molecule has 3 unspecified atom stereocenters. The number of rotatable bonds is 7. The SMILES string of the molecule is CC#Cc1ccc(C2=NOC(CC(C)(C(=O)NOC3CCCCO3)S(C)(=O)=O)C2)c(F)c1. The number of nitrogens with zero attached hydrogens (tertiary/aromatic N) is 1. The Labute approximate surface area is 187 Å². The molecule has 1 saturated heterocycles. The molecule has 0 aliphatic carbocycles. The highest BCUT2D eigenvalue weighted by molar-refractivity contribution is 7.92. The lowest BCUT2D eigenvalue weighted by Gasteiger charge is -2.29. The van der Waals surface area contributed by atoms with Gasteiger partial charge < -0.3 is 9.57 Å². The Balaban J connectivity index is 1.67. The van der Waals surface area contributed by atoms with E-state index in [4.69, 9.17) is 14.4 Å². The van der Waals surface area contributed by atoms with E-state index in [-0.39, 0.29) is 18.4 Å². The topological polar surface area (TPSA) is 103 Å². The number of halogens is 1. The Kier molecular flexibility index (Phi) is 7.54. The number of oxime groups is 1. The Morgan fingerprint density at radius 1 is 1.41 bits per heavy atom. The lowest BCUT2D eigenvalue weighted by Crippen LogP contribution is -2.52. The molecule has 1 N–H and O–H groups in total. The second-order valence-electron chi connectivity index (χ2n) is 8.09. The fourth-order valence-corrected chi connectivity index (χ4v) is 4.41. The van der Waals surface area contributed by atoms with E-state index in [1.807, 2.05) is 0 Å². The van der Waals surface area contributed by atoms with Crippen LogP contribution in [0.1, 0.15) is 57.1 Å². The number of nitrogens with one attached hydrogen (secondary N) is 1. The van der Waals surface area contributed by atoms with E-state index < -0.39 is 38.7 Å². The fraction of sp³-hybridized carbons (Fsp3) is 0.545. The predicted molar refractivity (Wildman–Crippen MR) is 116 cm³/mol. The van der Waals surface area contributed by atoms with Crippen LogP contribution in [0.15, 0.2) is 23.4 Å². The predicted octanol–water partition coefficient (Wildman–Crippen LogP) is 2.46. The molecular weight excluding hydrogens is 439 g/mol. The Morgan fingerprint density at radius 2 is 2.19 bits per heavy atom. The Bertz CT molecular complexity index is 1060. The maximum atomic E-state index is 14.5. The molecule has 3 atom stereocenters. The van der Waals surface area contributed by atoms with Crippen molar-refractivity contribution in [2.45, 2.75) is 63.1 Å². The number of carbonyl (C=O) groups excluding carboxylic acids is 1. The third-order valence-electron chi connectivity index (χ3n) is 5.62. The molecule has 1 aromatic rings. The fourth-order valence-electron chi connectivity index (χ4n) is 3.55. The van der Waals surface area contributed by atoms with Crippen LogP contribution >= 0.6 is 0 Å². The average Bonchev–Trinajstić information content (AvgIpc) is 3.20. The highest BCUT2D eigenvalue weighted by Crippen LogP contribution is 2.30. The van der Waals surface area contributed by atoms with Gasteiger partial charge in [0.1, 0.15) is 11.9 Å². The molecule has 3 rings (SSSR count). The van der Waals surface area contributed by atoms with Crippen molar-refractivity contribution in [3.8, 4) is 11.8 Å². The molecule has 10 heteroatoms. The summed E-state index contributed by atoms with van der Waals surface area (Å²) < 4.78 is 43.1. The van der Waals surface area contributed by atoms with E-state index in [1.165, 1.54) is 13.0 Å². The van der Waals surface area contributed by atoms with Gasteiger partial charge in [-0.05, 0) is 44.9 Å². The zero-order chi connectivity index (χ0) is 23.4. The number of hydroxylamine groups is 1. The first-order chi connectivity index (χ1) is 15.1. The van der Waals surface area contributed by atoms with Crippen LogP contribution in [-0.4, -0.2) is 50.0 Å². The van der Waals surface area contributed by atoms with Crippen LogP contribution < -0.4 is 5.48 Å². The quantitative estimate of drug-likeness (QED) is 0.489. The van der Waals surface area contributed by atoms with Crippen molar-refractivity contribution >= 4 is 21.5 Å². The molecule has 8 nitrogen and oxygen atoms in total. The molecule has 0 spiro atoms. The standard InChI is InChI=1S/C22H27FN2O6S/c1-4-7-15-9-10-17(18(23)12-15)19-13-16(30-24-19)14-22(2,32(3,27)28)21(26)25-31-20-8-5-6-11-29-20/h9-10,12,16,20H,5-6,8,11,13-14H2,1-3H3,(H,25,26). The number of hydrogen-bond donors (Lipinski definition) is 1. The van der Waals surface area contributed by atoms with E-state index in [2.05, 4.69) is 22.5 Å². The van der Waals surface area contributed by atoms with Gasteiger partial charge in [0, 0.05) is 43.3 Å². The van der Waals surface area contributed by atoms with Crippen molar-refractivity contribution < 1.29 is 32.0 Å². The third-order valence-corrected chi connectivity index (χ3v) is 7.61. The minimum atomic E-state index is -3.86. The molecule has 0 radical (unpaired) electrons. The lowest BCUT2D eigenvalue weighted by molar-refractivity contribution is -0.201. The molecule has 174 valence electrons. The highest BCUT2D eigenvalue weighted by Gasteiger charge is 2.47. The summed E-state index contributed by atoms with van der Waals surface area (Å²) in [6, 6.07) is 4.53. The molecule has 1 aromatic carbocycles. The van der Waals surface area contributed by atoms with Crippen molar-refractivity contribution in [1.29, 1.82) is 0 Å². The second kappa shape index (κ2) is 9.98. The molecule has 2 aliphatic heterocycles. The average molecular weight is 467 g/mol. The largest absolute Gasteiger partial charge is 0.392 e. The van der Waals surface area contributed by atoms with Gasteiger partial charge in [0.2, 0.25) is 0 Å². The smallest absolute Gasteiger partial charge is 0.264 e. The van der Waals surface area contributed by atoms with E-state index in [1.54, 1.807) is 19.1 Å². The lowest BCUT2D eigenvalue weighted by atomic mass is 9.96. The van der Waals surface area contributed by atoms with E-state index >= 15 is 0 Å². The van der Waals surface area contributed by atoms with Crippen LogP contribution in [-0.2, 0) is 29.0 Å². The van der Waals surface area contributed by atoms with Gasteiger partial charge in [-0.25, -0.2) is 23.1 Å². The molecule has 2 aliphatic rings. The third kappa shape index (κ3) is 5.46. The van der Waals surface area contributed by atoms with E-state index in [0.29, 0.717) is 24.3 Å². The van der Waals surface area contributed by atoms with Crippen LogP contribution in [0.3, 0.4) is 0 Å². The van der Waals surface area contributed by atoms with Gasteiger partial charge in [0.05, 0.1) is 5.71 Å². The number of benzene rings is 1. The van der Waals surface area contributed by atoms with E-state index in [0.717, 1.165) is 19.1 Å². The molecule has 0 aromatic heterocycles. The van der Waals surface area contributed by atoms with Crippen LogP contribution in [0, 0.1) is 17.7 Å². The zero-order valence-corrected chi connectivity index (χ0v) is 19.1. The van der Waals surface area contributed by atoms with Crippen molar-refractivity contribution in [3.05, 3.63) is 35.1 Å². The van der Waals surface area contributed by atoms with Crippen molar-refractivity contribution in [2.24, 2.45) is 5.16 Å². The maximum absolute atomic E-state index is 14.5. The maximum Gasteiger partial charge on any atom is 0.264 e. The van der Waals surface area contributed by atoms with Crippen LogP contribution in [0.5, 0.6) is 0 Å². The summed E-state index contributed by atoms with van der Waals surface area (Å²) in [6.45, 7) is 3.48. The van der Waals surface area contributed by atoms with Gasteiger partial charge in [0.15, 0.2) is 20.9 Å². The van der Waals surface area contributed by atoms with Crippen LogP contribution in [0.2, 0.25) is 0 Å². The number of amides is 1. The number of sulfone groups is 1. The van der Waals surface area contributed by atoms with Crippen molar-refractivity contribution in [2.75, 3.05) is 12.9 Å². The zero-order valence-electron chi connectivity index (χ0n) is 18.3. The summed E-state index contributed by atoms with van der Waals surface area (Å²) in [4.78, 5) is 23.5. The summed E-state index contributed by atoms with van der Waals surface area (Å²) in [7, 11) is -3.86. The molecule has 1 amide bonds. The minimum Gasteiger partial charge on any atom is -0.392 e. The van der Waals surface area contributed by atoms with Crippen molar-refractivity contribution in [1.82, 2.24) is 5.48 Å².